The van der Waals surface area contributed by atoms with E-state index in [1.165, 1.54) is 0 Å². The first kappa shape index (κ1) is 21.9. The van der Waals surface area contributed by atoms with Gasteiger partial charge in [-0.15, -0.1) is 0 Å². The summed E-state index contributed by atoms with van der Waals surface area (Å²) in [4.78, 5) is 0. The van der Waals surface area contributed by atoms with Crippen LogP contribution in [-0.4, -0.2) is 52.9 Å². The number of halogens is 1. The number of aliphatic hydroxyl groups excluding tert-OH is 3. The van der Waals surface area contributed by atoms with Crippen molar-refractivity contribution < 1.29 is 29.5 Å². The summed E-state index contributed by atoms with van der Waals surface area (Å²) in [5.41, 5.74) is 2.57. The summed E-state index contributed by atoms with van der Waals surface area (Å²) in [7, 11) is 0. The second-order valence-electron chi connectivity index (χ2n) is 7.24. The molecule has 5 atom stereocenters. The normalized spacial score (nSPS) is 28.5. The van der Waals surface area contributed by atoms with Crippen molar-refractivity contribution in [2.75, 3.05) is 13.2 Å². The molecule has 158 valence electrons. The highest BCUT2D eigenvalue weighted by Crippen LogP contribution is 2.35. The summed E-state index contributed by atoms with van der Waals surface area (Å²) >= 11 is 6.40. The molecule has 0 aliphatic carbocycles. The second-order valence-corrected chi connectivity index (χ2v) is 7.65. The van der Waals surface area contributed by atoms with E-state index in [2.05, 4.69) is 0 Å². The third-order valence-electron chi connectivity index (χ3n) is 5.25. The van der Waals surface area contributed by atoms with Crippen LogP contribution in [0.2, 0.25) is 5.02 Å². The molecular weight excluding hydrogens is 396 g/mol. The zero-order valence-corrected chi connectivity index (χ0v) is 16.2. The molecule has 2 heterocycles. The molecule has 3 N–H and O–H groups in total. The van der Waals surface area contributed by atoms with E-state index in [9.17, 15) is 15.3 Å². The molecule has 0 radical (unpaired) electrons. The molecule has 29 heavy (non-hydrogen) atoms. The maximum Gasteiger partial charge on any atom is 0.161 e. The monoisotopic (exact) mass is 422 g/mol. The van der Waals surface area contributed by atoms with Gasteiger partial charge in [-0.05, 0) is 48.2 Å². The van der Waals surface area contributed by atoms with E-state index in [0.29, 0.717) is 36.0 Å². The van der Waals surface area contributed by atoms with E-state index in [-0.39, 0.29) is 7.43 Å². The van der Waals surface area contributed by atoms with Gasteiger partial charge in [-0.1, -0.05) is 37.2 Å². The van der Waals surface area contributed by atoms with Gasteiger partial charge in [0.05, 0.1) is 6.10 Å². The van der Waals surface area contributed by atoms with Crippen LogP contribution in [0, 0.1) is 0 Å². The lowest BCUT2D eigenvalue weighted by Gasteiger charge is -2.39. The van der Waals surface area contributed by atoms with Crippen molar-refractivity contribution in [1.29, 1.82) is 0 Å². The first-order valence-corrected chi connectivity index (χ1v) is 9.68. The van der Waals surface area contributed by atoms with Gasteiger partial charge in [-0.25, -0.2) is 0 Å². The topological polar surface area (TPSA) is 88.4 Å². The first-order valence-electron chi connectivity index (χ1n) is 9.30. The highest BCUT2D eigenvalue weighted by molar-refractivity contribution is 6.31. The molecule has 1 saturated heterocycles. The van der Waals surface area contributed by atoms with Gasteiger partial charge in [-0.3, -0.25) is 0 Å². The Morgan fingerprint density at radius 2 is 1.66 bits per heavy atom. The van der Waals surface area contributed by atoms with Crippen LogP contribution in [0.3, 0.4) is 0 Å². The zero-order chi connectivity index (χ0) is 19.8. The lowest BCUT2D eigenvalue weighted by molar-refractivity contribution is -0.219. The number of rotatable bonds is 3. The van der Waals surface area contributed by atoms with Crippen LogP contribution in [0.25, 0.3) is 0 Å². The number of aliphatic hydroxyl groups is 3. The van der Waals surface area contributed by atoms with Gasteiger partial charge in [0.2, 0.25) is 0 Å². The first-order chi connectivity index (χ1) is 13.4. The fourth-order valence-corrected chi connectivity index (χ4v) is 3.84. The van der Waals surface area contributed by atoms with E-state index >= 15 is 0 Å². The van der Waals surface area contributed by atoms with Gasteiger partial charge in [0.25, 0.3) is 0 Å². The van der Waals surface area contributed by atoms with Crippen LogP contribution in [0.4, 0.5) is 0 Å². The van der Waals surface area contributed by atoms with Crippen LogP contribution in [0.1, 0.15) is 37.1 Å². The number of benzene rings is 2. The van der Waals surface area contributed by atoms with Gasteiger partial charge < -0.3 is 29.5 Å². The summed E-state index contributed by atoms with van der Waals surface area (Å²) in [5.74, 6) is 1.45. The molecule has 2 aromatic rings. The van der Waals surface area contributed by atoms with Gasteiger partial charge >= 0.3 is 0 Å². The summed E-state index contributed by atoms with van der Waals surface area (Å²) in [6.07, 6.45) is -4.41. The summed E-state index contributed by atoms with van der Waals surface area (Å²) in [6.45, 7) is 2.73. The Balaban J connectivity index is 0.00000240. The van der Waals surface area contributed by atoms with Crippen LogP contribution < -0.4 is 9.47 Å². The number of hydrogen-bond donors (Lipinski definition) is 3. The van der Waals surface area contributed by atoms with Crippen molar-refractivity contribution in [3.05, 3.63) is 58.1 Å². The number of fused-ring (bicyclic) bond motifs is 1. The molecule has 2 aliphatic rings. The van der Waals surface area contributed by atoms with E-state index in [1.54, 1.807) is 19.1 Å². The Bertz CT molecular complexity index is 857. The summed E-state index contributed by atoms with van der Waals surface area (Å²) < 4.78 is 16.9. The molecule has 2 aromatic carbocycles. The quantitative estimate of drug-likeness (QED) is 0.705. The molecule has 0 spiro atoms. The Labute approximate surface area is 175 Å². The minimum Gasteiger partial charge on any atom is -0.486 e. The smallest absolute Gasteiger partial charge is 0.161 e. The SMILES string of the molecule is C.C[C@H]1O[C@@H](c2ccc(Cl)c(Cc3ccc4c(c3)OCCO4)c2)[C@H](O)[C@@H](O)[C@@H]1O. The van der Waals surface area contributed by atoms with Gasteiger partial charge in [0.15, 0.2) is 11.5 Å². The van der Waals surface area contributed by atoms with E-state index < -0.39 is 30.5 Å². The Morgan fingerprint density at radius 3 is 2.41 bits per heavy atom. The molecule has 0 saturated carbocycles. The average Bonchev–Trinajstić information content (AvgIpc) is 2.71. The van der Waals surface area contributed by atoms with Crippen molar-refractivity contribution in [3.8, 4) is 11.5 Å². The molecule has 4 rings (SSSR count). The molecule has 6 nitrogen and oxygen atoms in total. The molecule has 0 aromatic heterocycles. The minimum absolute atomic E-state index is 0. The largest absolute Gasteiger partial charge is 0.486 e. The highest BCUT2D eigenvalue weighted by atomic mass is 35.5. The van der Waals surface area contributed by atoms with Crippen LogP contribution in [-0.2, 0) is 11.2 Å². The van der Waals surface area contributed by atoms with Crippen molar-refractivity contribution in [2.24, 2.45) is 0 Å². The number of hydrogen-bond acceptors (Lipinski definition) is 6. The molecular formula is C22H27ClO6. The van der Waals surface area contributed by atoms with Crippen LogP contribution in [0.15, 0.2) is 36.4 Å². The minimum atomic E-state index is -1.27. The van der Waals surface area contributed by atoms with Gasteiger partial charge in [-0.2, -0.15) is 0 Å². The standard InChI is InChI=1S/C21H23ClO6.CH4/c1-11-18(23)19(24)20(25)21(28-11)13-3-4-15(22)14(10-13)8-12-2-5-16-17(9-12)27-7-6-26-16;/h2-5,9-11,18-21,23-25H,6-8H2,1H3;1H4/t11-,18-,19+,20-,21+;/m1./s1. The van der Waals surface area contributed by atoms with Crippen molar-refractivity contribution >= 4 is 11.6 Å². The molecule has 2 aliphatic heterocycles. The van der Waals surface area contributed by atoms with Gasteiger partial charge in [0, 0.05) is 5.02 Å². The number of ether oxygens (including phenoxy) is 3. The fraction of sp³-hybridized carbons (Fsp3) is 0.455. The van der Waals surface area contributed by atoms with Crippen LogP contribution in [0.5, 0.6) is 11.5 Å². The van der Waals surface area contributed by atoms with Gasteiger partial charge in [0.1, 0.15) is 37.6 Å². The highest BCUT2D eigenvalue weighted by Gasteiger charge is 2.42. The van der Waals surface area contributed by atoms with Crippen molar-refractivity contribution in [2.45, 2.75) is 51.3 Å². The zero-order valence-electron chi connectivity index (χ0n) is 15.4. The molecule has 0 bridgehead atoms. The molecule has 0 amide bonds. The predicted molar refractivity (Wildman–Crippen MR) is 110 cm³/mol. The predicted octanol–water partition coefficient (Wildman–Crippen LogP) is 2.88. The molecule has 1 fully saturated rings. The molecule has 7 heteroatoms. The Kier molecular flexibility index (Phi) is 6.71. The van der Waals surface area contributed by atoms with Crippen LogP contribution >= 0.6 is 11.6 Å². The summed E-state index contributed by atoms with van der Waals surface area (Å²) in [6, 6.07) is 11.2. The fourth-order valence-electron chi connectivity index (χ4n) is 3.65. The average molecular weight is 423 g/mol. The lowest BCUT2D eigenvalue weighted by Crippen LogP contribution is -2.53. The molecule has 0 unspecified atom stereocenters. The maximum atomic E-state index is 10.4. The third kappa shape index (κ3) is 4.37. The Morgan fingerprint density at radius 1 is 0.931 bits per heavy atom. The van der Waals surface area contributed by atoms with E-state index in [4.69, 9.17) is 25.8 Å². The lowest BCUT2D eigenvalue weighted by atomic mass is 9.90. The third-order valence-corrected chi connectivity index (χ3v) is 5.62. The van der Waals surface area contributed by atoms with E-state index in [0.717, 1.165) is 16.9 Å². The maximum absolute atomic E-state index is 10.4. The summed E-state index contributed by atoms with van der Waals surface area (Å²) in [5, 5.41) is 30.9. The van der Waals surface area contributed by atoms with Crippen molar-refractivity contribution in [1.82, 2.24) is 0 Å². The second kappa shape index (κ2) is 8.90. The Hall–Kier alpha value is -1.83. The van der Waals surface area contributed by atoms with Crippen molar-refractivity contribution in [3.63, 3.8) is 0 Å². The van der Waals surface area contributed by atoms with E-state index in [1.807, 2.05) is 24.3 Å².